The molecular weight excluding hydrogens is 417 g/mol. The molecule has 1 amide bonds. The van der Waals surface area contributed by atoms with E-state index in [-0.39, 0.29) is 22.6 Å². The number of carbonyl (C=O) groups excluding carboxylic acids is 1. The summed E-state index contributed by atoms with van der Waals surface area (Å²) in [5.74, 6) is -1.52. The van der Waals surface area contributed by atoms with Crippen molar-refractivity contribution in [3.63, 3.8) is 0 Å². The molecule has 9 heteroatoms. The average molecular weight is 440 g/mol. The van der Waals surface area contributed by atoms with E-state index >= 15 is 0 Å². The number of sulfonamides is 1. The number of nitrogens with one attached hydrogen (secondary N) is 1. The van der Waals surface area contributed by atoms with Gasteiger partial charge in [0.1, 0.15) is 5.82 Å². The van der Waals surface area contributed by atoms with Gasteiger partial charge in [-0.2, -0.15) is 0 Å². The summed E-state index contributed by atoms with van der Waals surface area (Å²) in [6.07, 6.45) is 1.64. The SMILES string of the molecule is NC(=O)[C@H]1CCCN(Cc2ccccc2NS(=O)(=O)Cc2ccc(Cl)c(F)c2)C1. The Hall–Kier alpha value is -2.16. The number of amides is 1. The van der Waals surface area contributed by atoms with Crippen LogP contribution in [0.25, 0.3) is 0 Å². The summed E-state index contributed by atoms with van der Waals surface area (Å²) in [5, 5.41) is -0.0553. The lowest BCUT2D eigenvalue weighted by Crippen LogP contribution is -2.40. The van der Waals surface area contributed by atoms with Crippen LogP contribution in [-0.4, -0.2) is 32.3 Å². The van der Waals surface area contributed by atoms with Gasteiger partial charge in [0, 0.05) is 13.1 Å². The Labute approximate surface area is 174 Å². The molecule has 1 atom stereocenters. The van der Waals surface area contributed by atoms with Crippen LogP contribution >= 0.6 is 11.6 Å². The highest BCUT2D eigenvalue weighted by atomic mass is 35.5. The van der Waals surface area contributed by atoms with Gasteiger partial charge in [0.15, 0.2) is 0 Å². The zero-order valence-electron chi connectivity index (χ0n) is 15.8. The zero-order valence-corrected chi connectivity index (χ0v) is 17.3. The highest BCUT2D eigenvalue weighted by Gasteiger charge is 2.24. The van der Waals surface area contributed by atoms with Crippen molar-refractivity contribution in [2.45, 2.75) is 25.1 Å². The van der Waals surface area contributed by atoms with E-state index in [0.717, 1.165) is 31.0 Å². The number of piperidine rings is 1. The molecule has 3 rings (SSSR count). The molecule has 2 aromatic rings. The molecule has 3 N–H and O–H groups in total. The number of rotatable bonds is 7. The number of anilines is 1. The topological polar surface area (TPSA) is 92.5 Å². The van der Waals surface area contributed by atoms with Crippen molar-refractivity contribution >= 4 is 33.2 Å². The minimum absolute atomic E-state index is 0.0553. The largest absolute Gasteiger partial charge is 0.369 e. The molecule has 156 valence electrons. The van der Waals surface area contributed by atoms with Crippen molar-refractivity contribution in [1.82, 2.24) is 4.90 Å². The van der Waals surface area contributed by atoms with Crippen molar-refractivity contribution in [1.29, 1.82) is 0 Å². The molecule has 0 aliphatic carbocycles. The van der Waals surface area contributed by atoms with Crippen LogP contribution in [0.15, 0.2) is 42.5 Å². The Morgan fingerprint density at radius 3 is 2.76 bits per heavy atom. The van der Waals surface area contributed by atoms with E-state index in [1.165, 1.54) is 12.1 Å². The molecule has 1 heterocycles. The third kappa shape index (κ3) is 5.91. The van der Waals surface area contributed by atoms with Crippen molar-refractivity contribution in [3.05, 3.63) is 64.4 Å². The highest BCUT2D eigenvalue weighted by molar-refractivity contribution is 7.91. The normalized spacial score (nSPS) is 17.8. The Kier molecular flexibility index (Phi) is 6.77. The Morgan fingerprint density at radius 2 is 2.03 bits per heavy atom. The first-order chi connectivity index (χ1) is 13.7. The molecule has 0 aromatic heterocycles. The molecule has 1 fully saturated rings. The average Bonchev–Trinajstić information content (AvgIpc) is 2.66. The number of halogens is 2. The van der Waals surface area contributed by atoms with E-state index in [4.69, 9.17) is 17.3 Å². The highest BCUT2D eigenvalue weighted by Crippen LogP contribution is 2.24. The summed E-state index contributed by atoms with van der Waals surface area (Å²) >= 11 is 5.65. The monoisotopic (exact) mass is 439 g/mol. The standard InChI is InChI=1S/C20H23ClFN3O3S/c21-17-8-7-14(10-18(17)22)13-29(27,28)24-19-6-2-1-4-15(19)11-25-9-3-5-16(12-25)20(23)26/h1-2,4,6-8,10,16,24H,3,5,9,11-13H2,(H2,23,26)/t16-/m0/s1. The van der Waals surface area contributed by atoms with E-state index in [1.807, 2.05) is 12.1 Å². The third-order valence-electron chi connectivity index (χ3n) is 4.93. The number of hydrogen-bond acceptors (Lipinski definition) is 4. The first-order valence-electron chi connectivity index (χ1n) is 9.27. The van der Waals surface area contributed by atoms with Crippen molar-refractivity contribution in [2.75, 3.05) is 17.8 Å². The molecule has 0 bridgehead atoms. The number of benzene rings is 2. The minimum atomic E-state index is -3.76. The molecule has 0 saturated carbocycles. The molecule has 0 radical (unpaired) electrons. The van der Waals surface area contributed by atoms with E-state index in [9.17, 15) is 17.6 Å². The summed E-state index contributed by atoms with van der Waals surface area (Å²) in [5.41, 5.74) is 7.00. The summed E-state index contributed by atoms with van der Waals surface area (Å²) in [4.78, 5) is 13.6. The van der Waals surface area contributed by atoms with E-state index in [2.05, 4.69) is 9.62 Å². The second kappa shape index (κ2) is 9.11. The lowest BCUT2D eigenvalue weighted by molar-refractivity contribution is -0.123. The summed E-state index contributed by atoms with van der Waals surface area (Å²) < 4.78 is 41.4. The van der Waals surface area contributed by atoms with Crippen LogP contribution in [0, 0.1) is 11.7 Å². The van der Waals surface area contributed by atoms with Gasteiger partial charge in [0.2, 0.25) is 15.9 Å². The first kappa shape index (κ1) is 21.5. The first-order valence-corrected chi connectivity index (χ1v) is 11.3. The minimum Gasteiger partial charge on any atom is -0.369 e. The predicted molar refractivity (Wildman–Crippen MR) is 111 cm³/mol. The van der Waals surface area contributed by atoms with Crippen molar-refractivity contribution in [2.24, 2.45) is 11.7 Å². The number of carbonyl (C=O) groups is 1. The van der Waals surface area contributed by atoms with Crippen molar-refractivity contribution in [3.8, 4) is 0 Å². The number of likely N-dealkylation sites (tertiary alicyclic amines) is 1. The number of nitrogens with two attached hydrogens (primary N) is 1. The van der Waals surface area contributed by atoms with E-state index in [0.29, 0.717) is 24.3 Å². The maximum Gasteiger partial charge on any atom is 0.236 e. The second-order valence-corrected chi connectivity index (χ2v) is 9.37. The number of nitrogens with zero attached hydrogens (tertiary/aromatic N) is 1. The van der Waals surface area contributed by atoms with Gasteiger partial charge in [0.25, 0.3) is 0 Å². The smallest absolute Gasteiger partial charge is 0.236 e. The fraction of sp³-hybridized carbons (Fsp3) is 0.350. The van der Waals surface area contributed by atoms with Gasteiger partial charge in [-0.1, -0.05) is 35.9 Å². The zero-order chi connectivity index (χ0) is 21.0. The molecule has 1 aliphatic heterocycles. The number of para-hydroxylation sites is 1. The summed E-state index contributed by atoms with van der Waals surface area (Å²) in [6.45, 7) is 1.87. The molecule has 1 aliphatic rings. The predicted octanol–water partition coefficient (Wildman–Crippen LogP) is 3.12. The molecule has 2 aromatic carbocycles. The molecule has 29 heavy (non-hydrogen) atoms. The van der Waals surface area contributed by atoms with Gasteiger partial charge in [-0.15, -0.1) is 0 Å². The molecule has 0 spiro atoms. The van der Waals surface area contributed by atoms with Crippen LogP contribution in [0.3, 0.4) is 0 Å². The van der Waals surface area contributed by atoms with Gasteiger partial charge in [-0.3, -0.25) is 14.4 Å². The van der Waals surface area contributed by atoms with E-state index < -0.39 is 15.8 Å². The number of hydrogen-bond donors (Lipinski definition) is 2. The Balaban J connectivity index is 1.72. The van der Waals surface area contributed by atoms with E-state index in [1.54, 1.807) is 12.1 Å². The maximum atomic E-state index is 13.6. The van der Waals surface area contributed by atoms with Crippen LogP contribution < -0.4 is 10.5 Å². The number of primary amides is 1. The Morgan fingerprint density at radius 1 is 1.28 bits per heavy atom. The van der Waals surface area contributed by atoms with Gasteiger partial charge < -0.3 is 5.73 Å². The van der Waals surface area contributed by atoms with Gasteiger partial charge in [-0.05, 0) is 48.7 Å². The van der Waals surface area contributed by atoms with Gasteiger partial charge in [-0.25, -0.2) is 12.8 Å². The van der Waals surface area contributed by atoms with Crippen LogP contribution in [-0.2, 0) is 27.1 Å². The van der Waals surface area contributed by atoms with Crippen LogP contribution in [0.2, 0.25) is 5.02 Å². The van der Waals surface area contributed by atoms with Crippen molar-refractivity contribution < 1.29 is 17.6 Å². The molecular formula is C20H23ClFN3O3S. The fourth-order valence-electron chi connectivity index (χ4n) is 3.48. The van der Waals surface area contributed by atoms with Crippen LogP contribution in [0.4, 0.5) is 10.1 Å². The fourth-order valence-corrected chi connectivity index (χ4v) is 4.82. The maximum absolute atomic E-state index is 13.6. The molecule has 6 nitrogen and oxygen atoms in total. The van der Waals surface area contributed by atoms with Crippen LogP contribution in [0.5, 0.6) is 0 Å². The van der Waals surface area contributed by atoms with Gasteiger partial charge in [0.05, 0.1) is 22.4 Å². The second-order valence-electron chi connectivity index (χ2n) is 7.24. The molecule has 0 unspecified atom stereocenters. The summed E-state index contributed by atoms with van der Waals surface area (Å²) in [6, 6.07) is 11.0. The Bertz CT molecular complexity index is 1000. The van der Waals surface area contributed by atoms with Crippen LogP contribution in [0.1, 0.15) is 24.0 Å². The third-order valence-corrected chi connectivity index (χ3v) is 6.48. The van der Waals surface area contributed by atoms with Gasteiger partial charge >= 0.3 is 0 Å². The molecule has 1 saturated heterocycles. The lowest BCUT2D eigenvalue weighted by Gasteiger charge is -2.31. The summed E-state index contributed by atoms with van der Waals surface area (Å²) in [7, 11) is -3.76. The quantitative estimate of drug-likeness (QED) is 0.693. The lowest BCUT2D eigenvalue weighted by atomic mass is 9.97.